The molecule has 232 valence electrons. The zero-order chi connectivity index (χ0) is 31.8. The Kier molecular flexibility index (Phi) is 11.3. The van der Waals surface area contributed by atoms with Gasteiger partial charge in [-0.25, -0.2) is 4.98 Å². The van der Waals surface area contributed by atoms with Gasteiger partial charge in [-0.05, 0) is 24.4 Å². The number of esters is 4. The number of hydrogen-bond donors (Lipinski definition) is 2. The molecule has 18 heteroatoms. The molecule has 1 aromatic heterocycles. The van der Waals surface area contributed by atoms with E-state index in [1.54, 1.807) is 11.4 Å². The molecule has 1 aliphatic heterocycles. The van der Waals surface area contributed by atoms with Crippen LogP contribution in [0.15, 0.2) is 23.6 Å². The third kappa shape index (κ3) is 9.03. The summed E-state index contributed by atoms with van der Waals surface area (Å²) in [4.78, 5) is 62.6. The van der Waals surface area contributed by atoms with E-state index in [1.165, 1.54) is 19.2 Å². The van der Waals surface area contributed by atoms with E-state index in [-0.39, 0.29) is 21.7 Å². The highest BCUT2D eigenvalue weighted by Gasteiger charge is 2.52. The molecular formula is C25H28N4O12S2. The number of benzene rings is 1. The van der Waals surface area contributed by atoms with Gasteiger partial charge in [-0.3, -0.25) is 29.3 Å². The first kappa shape index (κ1) is 33.1. The van der Waals surface area contributed by atoms with Gasteiger partial charge < -0.3 is 39.1 Å². The average Bonchev–Trinajstić information content (AvgIpc) is 3.38. The van der Waals surface area contributed by atoms with Crippen LogP contribution in [0.4, 0.5) is 10.8 Å². The molecule has 2 N–H and O–H groups in total. The number of hydrogen-bond acceptors (Lipinski definition) is 15. The molecule has 0 spiro atoms. The number of thiazole rings is 1. The first-order valence-electron chi connectivity index (χ1n) is 12.4. The zero-order valence-electron chi connectivity index (χ0n) is 23.5. The van der Waals surface area contributed by atoms with E-state index in [4.69, 9.17) is 40.6 Å². The summed E-state index contributed by atoms with van der Waals surface area (Å²) in [6.45, 7) is 4.10. The van der Waals surface area contributed by atoms with E-state index in [0.29, 0.717) is 11.3 Å². The van der Waals surface area contributed by atoms with Crippen LogP contribution in [-0.4, -0.2) is 83.3 Å². The standard InChI is InChI=1S/C25H28N4O12S2/c1-11(30)37-9-19-20(38-12(2)31)21(39-13(3)32)22(40-14(4)33)23(41-19)27-24(42)28-25-26-16(10-43-25)15-6-7-18(36-5)17(8-15)29(34)35/h6-8,10,19-23H,9H2,1-5H3,(H2,26,27,28,42)/t19-,20-,21+,22-,23-/m1/s1. The molecule has 0 bridgehead atoms. The highest BCUT2D eigenvalue weighted by Crippen LogP contribution is 2.34. The van der Waals surface area contributed by atoms with Gasteiger partial charge in [0.05, 0.1) is 17.7 Å². The van der Waals surface area contributed by atoms with Crippen molar-refractivity contribution in [3.8, 4) is 17.0 Å². The van der Waals surface area contributed by atoms with Crippen LogP contribution >= 0.6 is 23.6 Å². The lowest BCUT2D eigenvalue weighted by Crippen LogP contribution is -2.66. The number of nitro benzene ring substituents is 1. The predicted octanol–water partition coefficient (Wildman–Crippen LogP) is 2.10. The first-order valence-corrected chi connectivity index (χ1v) is 13.7. The second-order valence-corrected chi connectivity index (χ2v) is 10.2. The topological polar surface area (TPSA) is 204 Å². The summed E-state index contributed by atoms with van der Waals surface area (Å²) in [5.41, 5.74) is 0.631. The molecule has 1 fully saturated rings. The Morgan fingerprint density at radius 2 is 1.65 bits per heavy atom. The Labute approximate surface area is 254 Å². The lowest BCUT2D eigenvalue weighted by molar-refractivity contribution is -0.385. The third-order valence-electron chi connectivity index (χ3n) is 5.66. The van der Waals surface area contributed by atoms with Gasteiger partial charge in [0.25, 0.3) is 0 Å². The monoisotopic (exact) mass is 640 g/mol. The van der Waals surface area contributed by atoms with Crippen LogP contribution in [0.1, 0.15) is 27.7 Å². The number of methoxy groups -OCH3 is 1. The molecule has 0 aliphatic carbocycles. The zero-order valence-corrected chi connectivity index (χ0v) is 25.1. The predicted molar refractivity (Wildman–Crippen MR) is 152 cm³/mol. The summed E-state index contributed by atoms with van der Waals surface area (Å²) < 4.78 is 32.2. The van der Waals surface area contributed by atoms with Crippen molar-refractivity contribution in [2.24, 2.45) is 0 Å². The Morgan fingerprint density at radius 1 is 1.02 bits per heavy atom. The number of nitro groups is 1. The van der Waals surface area contributed by atoms with Crippen molar-refractivity contribution < 1.29 is 52.5 Å². The fourth-order valence-electron chi connectivity index (χ4n) is 4.06. The van der Waals surface area contributed by atoms with Gasteiger partial charge in [-0.1, -0.05) is 0 Å². The molecule has 3 rings (SSSR count). The molecule has 0 radical (unpaired) electrons. The summed E-state index contributed by atoms with van der Waals surface area (Å²) in [6, 6.07) is 4.39. The van der Waals surface area contributed by atoms with Crippen molar-refractivity contribution in [1.82, 2.24) is 10.3 Å². The fraction of sp³-hybridized carbons (Fsp3) is 0.440. The number of ether oxygens (including phenoxy) is 6. The summed E-state index contributed by atoms with van der Waals surface area (Å²) in [6.07, 6.45) is -6.52. The third-order valence-corrected chi connectivity index (χ3v) is 6.64. The first-order chi connectivity index (χ1) is 20.3. The number of aromatic nitrogens is 1. The second kappa shape index (κ2) is 14.7. The van der Waals surface area contributed by atoms with Gasteiger partial charge in [0.2, 0.25) is 0 Å². The molecule has 5 atom stereocenters. The summed E-state index contributed by atoms with van der Waals surface area (Å²) in [7, 11) is 1.33. The number of rotatable bonds is 10. The van der Waals surface area contributed by atoms with Gasteiger partial charge in [0.1, 0.15) is 12.7 Å². The quantitative estimate of drug-likeness (QED) is 0.125. The molecule has 0 saturated carbocycles. The summed E-state index contributed by atoms with van der Waals surface area (Å²) in [5.74, 6) is -2.86. The molecule has 1 aromatic carbocycles. The maximum absolute atomic E-state index is 12.0. The Balaban J connectivity index is 1.85. The van der Waals surface area contributed by atoms with Crippen LogP contribution in [0.25, 0.3) is 11.3 Å². The fourth-order valence-corrected chi connectivity index (χ4v) is 5.06. The highest BCUT2D eigenvalue weighted by molar-refractivity contribution is 7.80. The van der Waals surface area contributed by atoms with Gasteiger partial charge in [-0.15, -0.1) is 11.3 Å². The number of thiocarbonyl (C=S) groups is 1. The smallest absolute Gasteiger partial charge is 0.311 e. The van der Waals surface area contributed by atoms with Gasteiger partial charge in [-0.2, -0.15) is 0 Å². The van der Waals surface area contributed by atoms with Crippen molar-refractivity contribution in [3.63, 3.8) is 0 Å². The Hall–Kier alpha value is -4.42. The molecule has 43 heavy (non-hydrogen) atoms. The Bertz CT molecular complexity index is 1400. The Morgan fingerprint density at radius 3 is 2.23 bits per heavy atom. The highest BCUT2D eigenvalue weighted by atomic mass is 32.1. The number of carbonyl (C=O) groups excluding carboxylic acids is 4. The minimum absolute atomic E-state index is 0.0671. The summed E-state index contributed by atoms with van der Waals surface area (Å²) >= 11 is 6.54. The van der Waals surface area contributed by atoms with Gasteiger partial charge in [0.15, 0.2) is 40.5 Å². The van der Waals surface area contributed by atoms with Crippen molar-refractivity contribution in [1.29, 1.82) is 0 Å². The second-order valence-electron chi connectivity index (χ2n) is 8.90. The van der Waals surface area contributed by atoms with Gasteiger partial charge in [0, 0.05) is 44.7 Å². The minimum Gasteiger partial charge on any atom is -0.490 e. The number of nitrogens with zero attached hydrogens (tertiary/aromatic N) is 2. The van der Waals surface area contributed by atoms with E-state index < -0.39 is 66.1 Å². The van der Waals surface area contributed by atoms with E-state index >= 15 is 0 Å². The number of anilines is 1. The van der Waals surface area contributed by atoms with Crippen LogP contribution in [-0.2, 0) is 42.9 Å². The molecule has 0 amide bonds. The summed E-state index contributed by atoms with van der Waals surface area (Å²) in [5, 5.41) is 18.9. The van der Waals surface area contributed by atoms with Crippen molar-refractivity contribution in [3.05, 3.63) is 33.7 Å². The maximum atomic E-state index is 12.0. The molecular weight excluding hydrogens is 612 g/mol. The average molecular weight is 641 g/mol. The van der Waals surface area contributed by atoms with E-state index in [9.17, 15) is 29.3 Å². The van der Waals surface area contributed by atoms with Crippen molar-refractivity contribution in [2.45, 2.75) is 58.3 Å². The van der Waals surface area contributed by atoms with Crippen molar-refractivity contribution in [2.75, 3.05) is 19.0 Å². The van der Waals surface area contributed by atoms with E-state index in [2.05, 4.69) is 15.6 Å². The van der Waals surface area contributed by atoms with Crippen LogP contribution in [0, 0.1) is 10.1 Å². The lowest BCUT2D eigenvalue weighted by Gasteiger charge is -2.44. The maximum Gasteiger partial charge on any atom is 0.311 e. The molecule has 16 nitrogen and oxygen atoms in total. The van der Waals surface area contributed by atoms with E-state index in [1.807, 2.05) is 0 Å². The van der Waals surface area contributed by atoms with Crippen LogP contribution < -0.4 is 15.4 Å². The largest absolute Gasteiger partial charge is 0.490 e. The molecule has 1 aliphatic rings. The number of carbonyl (C=O) groups is 4. The minimum atomic E-state index is -1.38. The number of nitrogens with one attached hydrogen (secondary N) is 2. The lowest BCUT2D eigenvalue weighted by atomic mass is 9.97. The van der Waals surface area contributed by atoms with E-state index in [0.717, 1.165) is 39.0 Å². The van der Waals surface area contributed by atoms with Crippen LogP contribution in [0.3, 0.4) is 0 Å². The molecule has 1 saturated heterocycles. The van der Waals surface area contributed by atoms with Gasteiger partial charge >= 0.3 is 29.6 Å². The molecule has 2 heterocycles. The SMILES string of the molecule is COc1ccc(-c2csc(NC(=S)N[C@@H]3O[C@H](COC(C)=O)[C@@H](OC(C)=O)[C@H](OC(C)=O)[C@H]3OC(C)=O)n2)cc1[N+](=O)[O-]. The van der Waals surface area contributed by atoms with Crippen molar-refractivity contribution >= 4 is 63.4 Å². The van der Waals surface area contributed by atoms with Crippen LogP contribution in [0.2, 0.25) is 0 Å². The molecule has 2 aromatic rings. The van der Waals surface area contributed by atoms with Crippen LogP contribution in [0.5, 0.6) is 5.75 Å². The normalized spacial score (nSPS) is 21.1. The molecule has 0 unspecified atom stereocenters.